The SMILES string of the molecule is Cn1c2ccccc2c2cc(-c3sc(-c4ccc5c(c4)c4ccccc4n5C)c4c3OCCO4)ccc21. The molecule has 37 heavy (non-hydrogen) atoms. The molecule has 1 aliphatic heterocycles. The smallest absolute Gasteiger partial charge is 0.180 e. The Bertz CT molecular complexity index is 1880. The molecular weight excluding hydrogens is 476 g/mol. The molecule has 4 nitrogen and oxygen atoms in total. The van der Waals surface area contributed by atoms with E-state index in [1.807, 2.05) is 0 Å². The first kappa shape index (κ1) is 20.9. The van der Waals surface area contributed by atoms with Gasteiger partial charge in [-0.3, -0.25) is 0 Å². The fourth-order valence-corrected chi connectivity index (χ4v) is 7.13. The van der Waals surface area contributed by atoms with Crippen molar-refractivity contribution < 1.29 is 9.47 Å². The van der Waals surface area contributed by atoms with Gasteiger partial charge in [0.1, 0.15) is 13.2 Å². The molecule has 0 atom stereocenters. The Labute approximate surface area is 217 Å². The highest BCUT2D eigenvalue weighted by atomic mass is 32.1. The Kier molecular flexibility index (Phi) is 4.32. The van der Waals surface area contributed by atoms with Gasteiger partial charge in [-0.1, -0.05) is 48.5 Å². The number of aryl methyl sites for hydroxylation is 2. The van der Waals surface area contributed by atoms with Crippen LogP contribution in [0, 0.1) is 0 Å². The topological polar surface area (TPSA) is 28.3 Å². The number of thiophene rings is 1. The van der Waals surface area contributed by atoms with Crippen molar-refractivity contribution in [3.63, 3.8) is 0 Å². The summed E-state index contributed by atoms with van der Waals surface area (Å²) in [4.78, 5) is 2.25. The number of aromatic nitrogens is 2. The molecular formula is C32H24N2O2S. The van der Waals surface area contributed by atoms with Gasteiger partial charge in [0.25, 0.3) is 0 Å². The second kappa shape index (κ2) is 7.64. The van der Waals surface area contributed by atoms with Crippen molar-refractivity contribution in [3.05, 3.63) is 84.9 Å². The zero-order chi connectivity index (χ0) is 24.7. The molecule has 1 aliphatic rings. The summed E-state index contributed by atoms with van der Waals surface area (Å²) in [5.74, 6) is 1.73. The number of ether oxygens (including phenoxy) is 2. The third-order valence-electron chi connectivity index (χ3n) is 7.75. The van der Waals surface area contributed by atoms with Crippen LogP contribution in [0.5, 0.6) is 11.5 Å². The molecule has 0 N–H and O–H groups in total. The van der Waals surface area contributed by atoms with E-state index in [0.717, 1.165) is 32.4 Å². The van der Waals surface area contributed by atoms with E-state index in [-0.39, 0.29) is 0 Å². The lowest BCUT2D eigenvalue weighted by Gasteiger charge is -2.17. The van der Waals surface area contributed by atoms with Gasteiger partial charge >= 0.3 is 0 Å². The molecule has 180 valence electrons. The van der Waals surface area contributed by atoms with E-state index in [4.69, 9.17) is 9.47 Å². The van der Waals surface area contributed by atoms with Gasteiger partial charge in [-0.05, 0) is 47.5 Å². The number of benzene rings is 4. The summed E-state index contributed by atoms with van der Waals surface area (Å²) >= 11 is 1.76. The molecule has 5 heteroatoms. The lowest BCUT2D eigenvalue weighted by atomic mass is 10.1. The van der Waals surface area contributed by atoms with Crippen molar-refractivity contribution in [1.82, 2.24) is 9.13 Å². The summed E-state index contributed by atoms with van der Waals surface area (Å²) in [6, 6.07) is 30.7. The minimum absolute atomic E-state index is 0.565. The molecule has 4 aromatic carbocycles. The molecule has 0 radical (unpaired) electrons. The van der Waals surface area contributed by atoms with Crippen LogP contribution in [-0.4, -0.2) is 22.3 Å². The number of nitrogens with zero attached hydrogens (tertiary/aromatic N) is 2. The minimum Gasteiger partial charge on any atom is -0.485 e. The van der Waals surface area contributed by atoms with E-state index in [0.29, 0.717) is 13.2 Å². The molecule has 0 unspecified atom stereocenters. The van der Waals surface area contributed by atoms with E-state index >= 15 is 0 Å². The van der Waals surface area contributed by atoms with Gasteiger partial charge in [-0.2, -0.15) is 0 Å². The molecule has 0 spiro atoms. The molecule has 4 heterocycles. The Hall–Kier alpha value is -4.22. The van der Waals surface area contributed by atoms with Crippen molar-refractivity contribution in [1.29, 1.82) is 0 Å². The summed E-state index contributed by atoms with van der Waals surface area (Å²) in [6.07, 6.45) is 0. The highest BCUT2D eigenvalue weighted by Gasteiger charge is 2.27. The average Bonchev–Trinajstić information content (AvgIpc) is 3.57. The first-order chi connectivity index (χ1) is 18.2. The molecule has 0 aliphatic carbocycles. The summed E-state index contributed by atoms with van der Waals surface area (Å²) in [5, 5.41) is 5.05. The predicted molar refractivity (Wildman–Crippen MR) is 154 cm³/mol. The average molecular weight is 501 g/mol. The fourth-order valence-electron chi connectivity index (χ4n) is 5.95. The van der Waals surface area contributed by atoms with E-state index < -0.39 is 0 Å². The Balaban J connectivity index is 1.35. The molecule has 0 fully saturated rings. The highest BCUT2D eigenvalue weighted by Crippen LogP contribution is 2.54. The lowest BCUT2D eigenvalue weighted by molar-refractivity contribution is 0.175. The van der Waals surface area contributed by atoms with E-state index in [2.05, 4.69) is 108 Å². The van der Waals surface area contributed by atoms with Crippen LogP contribution >= 0.6 is 11.3 Å². The molecule has 3 aromatic heterocycles. The number of hydrogen-bond acceptors (Lipinski definition) is 3. The van der Waals surface area contributed by atoms with Gasteiger partial charge in [0, 0.05) is 57.7 Å². The molecule has 8 rings (SSSR count). The van der Waals surface area contributed by atoms with E-state index in [9.17, 15) is 0 Å². The number of hydrogen-bond donors (Lipinski definition) is 0. The zero-order valence-corrected chi connectivity index (χ0v) is 21.4. The molecule has 0 amide bonds. The van der Waals surface area contributed by atoms with E-state index in [1.165, 1.54) is 43.6 Å². The second-order valence-corrected chi connectivity index (χ2v) is 10.8. The van der Waals surface area contributed by atoms with Crippen LogP contribution < -0.4 is 9.47 Å². The van der Waals surface area contributed by atoms with E-state index in [1.54, 1.807) is 11.3 Å². The van der Waals surface area contributed by atoms with Crippen molar-refractivity contribution in [2.45, 2.75) is 0 Å². The van der Waals surface area contributed by atoms with Crippen LogP contribution in [0.1, 0.15) is 0 Å². The molecule has 0 bridgehead atoms. The quantitative estimate of drug-likeness (QED) is 0.240. The summed E-state index contributed by atoms with van der Waals surface area (Å²) in [6.45, 7) is 1.13. The summed E-state index contributed by atoms with van der Waals surface area (Å²) in [7, 11) is 4.27. The van der Waals surface area contributed by atoms with Gasteiger partial charge in [0.2, 0.25) is 0 Å². The molecule has 0 saturated carbocycles. The summed E-state index contributed by atoms with van der Waals surface area (Å²) in [5.41, 5.74) is 7.27. The maximum atomic E-state index is 6.25. The third-order valence-corrected chi connectivity index (χ3v) is 9.00. The van der Waals surface area contributed by atoms with Gasteiger partial charge < -0.3 is 18.6 Å². The second-order valence-electron chi connectivity index (χ2n) is 9.73. The van der Waals surface area contributed by atoms with Crippen LogP contribution in [-0.2, 0) is 14.1 Å². The number of para-hydroxylation sites is 2. The fraction of sp³-hybridized carbons (Fsp3) is 0.125. The first-order valence-corrected chi connectivity index (χ1v) is 13.4. The van der Waals surface area contributed by atoms with Crippen LogP contribution in [0.4, 0.5) is 0 Å². The maximum Gasteiger partial charge on any atom is 0.180 e. The van der Waals surface area contributed by atoms with Crippen LogP contribution in [0.15, 0.2) is 84.9 Å². The first-order valence-electron chi connectivity index (χ1n) is 12.6. The standard InChI is InChI=1S/C32H24N2O2S/c1-33-25-9-5-3-7-21(25)23-17-19(11-13-27(23)33)31-29-30(36-16-15-35-29)32(37-31)20-12-14-28-24(18-20)22-8-4-6-10-26(22)34(28)2/h3-14,17-18H,15-16H2,1-2H3. The number of fused-ring (bicyclic) bond motifs is 7. The zero-order valence-electron chi connectivity index (χ0n) is 20.6. The molecule has 7 aromatic rings. The van der Waals surface area contributed by atoms with Crippen molar-refractivity contribution in [2.75, 3.05) is 13.2 Å². The maximum absolute atomic E-state index is 6.25. The van der Waals surface area contributed by atoms with Gasteiger partial charge in [-0.15, -0.1) is 11.3 Å². The van der Waals surface area contributed by atoms with Crippen LogP contribution in [0.2, 0.25) is 0 Å². The Morgan fingerprint density at radius 1 is 0.541 bits per heavy atom. The lowest BCUT2D eigenvalue weighted by Crippen LogP contribution is -2.14. The predicted octanol–water partition coefficient (Wildman–Crippen LogP) is 8.14. The summed E-state index contributed by atoms with van der Waals surface area (Å²) < 4.78 is 17.0. The van der Waals surface area contributed by atoms with Crippen LogP contribution in [0.3, 0.4) is 0 Å². The Morgan fingerprint density at radius 3 is 1.46 bits per heavy atom. The van der Waals surface area contributed by atoms with Gasteiger partial charge in [-0.25, -0.2) is 0 Å². The highest BCUT2D eigenvalue weighted by molar-refractivity contribution is 7.19. The van der Waals surface area contributed by atoms with Crippen LogP contribution in [0.25, 0.3) is 64.5 Å². The Morgan fingerprint density at radius 2 is 0.973 bits per heavy atom. The van der Waals surface area contributed by atoms with Gasteiger partial charge in [0.05, 0.1) is 9.75 Å². The normalized spacial score (nSPS) is 13.4. The third kappa shape index (κ3) is 2.89. The van der Waals surface area contributed by atoms with Crippen molar-refractivity contribution >= 4 is 54.9 Å². The van der Waals surface area contributed by atoms with Gasteiger partial charge in [0.15, 0.2) is 11.5 Å². The monoisotopic (exact) mass is 500 g/mol. The number of rotatable bonds is 2. The van der Waals surface area contributed by atoms with Crippen molar-refractivity contribution in [2.24, 2.45) is 14.1 Å². The largest absolute Gasteiger partial charge is 0.485 e. The molecule has 0 saturated heterocycles. The minimum atomic E-state index is 0.565. The van der Waals surface area contributed by atoms with Crippen molar-refractivity contribution in [3.8, 4) is 32.4 Å².